The molecule has 3 aromatic rings. The van der Waals surface area contributed by atoms with E-state index in [2.05, 4.69) is 16.8 Å². The molecule has 13 heteroatoms. The van der Waals surface area contributed by atoms with Crippen LogP contribution in [0.1, 0.15) is 44.0 Å². The normalized spacial score (nSPS) is 16.7. The molecule has 2 heterocycles. The van der Waals surface area contributed by atoms with Crippen LogP contribution in [0.2, 0.25) is 0 Å². The molecule has 0 aliphatic carbocycles. The van der Waals surface area contributed by atoms with Gasteiger partial charge < -0.3 is 4.90 Å². The number of halogens is 1. The van der Waals surface area contributed by atoms with E-state index in [-0.39, 0.29) is 28.1 Å². The Balaban J connectivity index is 0.00000441. The number of piperidine rings is 1. The van der Waals surface area contributed by atoms with Gasteiger partial charge in [-0.1, -0.05) is 38.2 Å². The molecule has 1 atom stereocenters. The number of likely N-dealkylation sites (N-methyl/N-ethyl adjacent to an activating group) is 1. The quantitative estimate of drug-likeness (QED) is 0.325. The molecule has 0 N–H and O–H groups in total. The molecule has 1 aromatic heterocycles. The number of hydrogen-bond acceptors (Lipinski definition) is 8. The van der Waals surface area contributed by atoms with Gasteiger partial charge in [0, 0.05) is 38.0 Å². The van der Waals surface area contributed by atoms with Gasteiger partial charge >= 0.3 is 0 Å². The van der Waals surface area contributed by atoms with Gasteiger partial charge in [-0.25, -0.2) is 21.8 Å². The van der Waals surface area contributed by atoms with Gasteiger partial charge in [-0.2, -0.15) is 4.31 Å². The van der Waals surface area contributed by atoms with E-state index >= 15 is 0 Å². The predicted molar refractivity (Wildman–Crippen MR) is 163 cm³/mol. The van der Waals surface area contributed by atoms with Gasteiger partial charge in [-0.05, 0) is 68.2 Å². The molecule has 0 bridgehead atoms. The van der Waals surface area contributed by atoms with E-state index in [9.17, 15) is 21.6 Å². The third-order valence-corrected chi connectivity index (χ3v) is 11.2. The summed E-state index contributed by atoms with van der Waals surface area (Å²) in [5.41, 5.74) is 0.681. The summed E-state index contributed by atoms with van der Waals surface area (Å²) in [4.78, 5) is 22.4. The molecule has 9 nitrogen and oxygen atoms in total. The third kappa shape index (κ3) is 7.03. The van der Waals surface area contributed by atoms with Crippen LogP contribution >= 0.6 is 23.7 Å². The van der Waals surface area contributed by atoms with Crippen molar-refractivity contribution in [2.75, 3.05) is 50.4 Å². The average molecular weight is 629 g/mol. The van der Waals surface area contributed by atoms with Crippen LogP contribution < -0.4 is 4.90 Å². The predicted octanol–water partition coefficient (Wildman–Crippen LogP) is 4.53. The summed E-state index contributed by atoms with van der Waals surface area (Å²) in [6.07, 6.45) is 2.99. The lowest BCUT2D eigenvalue weighted by Crippen LogP contribution is -2.39. The summed E-state index contributed by atoms with van der Waals surface area (Å²) in [6.45, 7) is 9.73. The maximum atomic E-state index is 13.8. The van der Waals surface area contributed by atoms with E-state index < -0.39 is 19.9 Å². The summed E-state index contributed by atoms with van der Waals surface area (Å²) in [7, 11) is -7.15. The van der Waals surface area contributed by atoms with Crippen molar-refractivity contribution >= 4 is 64.9 Å². The van der Waals surface area contributed by atoms with Crippen LogP contribution in [0.15, 0.2) is 52.3 Å². The van der Waals surface area contributed by atoms with Gasteiger partial charge in [0.25, 0.3) is 5.91 Å². The van der Waals surface area contributed by atoms with Gasteiger partial charge in [0.1, 0.15) is 5.52 Å². The Labute approximate surface area is 247 Å². The number of nitrogens with zero attached hydrogens (tertiary/aromatic N) is 4. The van der Waals surface area contributed by atoms with E-state index in [1.165, 1.54) is 33.8 Å². The molecule has 40 heavy (non-hydrogen) atoms. The van der Waals surface area contributed by atoms with Crippen LogP contribution in [0.4, 0.5) is 5.13 Å². The molecule has 0 spiro atoms. The van der Waals surface area contributed by atoms with E-state index in [1.807, 2.05) is 13.8 Å². The van der Waals surface area contributed by atoms with Crippen molar-refractivity contribution < 1.29 is 21.6 Å². The minimum atomic E-state index is -3.64. The summed E-state index contributed by atoms with van der Waals surface area (Å²) in [6, 6.07) is 11.1. The highest BCUT2D eigenvalue weighted by atomic mass is 35.5. The largest absolute Gasteiger partial charge is 0.302 e. The molecule has 4 rings (SSSR count). The first-order chi connectivity index (χ1) is 18.5. The van der Waals surface area contributed by atoms with E-state index in [1.54, 1.807) is 29.2 Å². The first-order valence-corrected chi connectivity index (χ1v) is 17.3. The highest BCUT2D eigenvalue weighted by Gasteiger charge is 2.29. The van der Waals surface area contributed by atoms with Gasteiger partial charge in [0.15, 0.2) is 15.0 Å². The van der Waals surface area contributed by atoms with E-state index in [0.29, 0.717) is 53.0 Å². The number of para-hydroxylation sites is 1. The van der Waals surface area contributed by atoms with Crippen molar-refractivity contribution in [3.8, 4) is 0 Å². The second-order valence-electron chi connectivity index (χ2n) is 9.99. The molecule has 0 radical (unpaired) electrons. The number of sulfone groups is 1. The topological polar surface area (TPSA) is 108 Å². The molecular formula is C27H37ClN4O5S3. The van der Waals surface area contributed by atoms with Crippen molar-refractivity contribution in [1.29, 1.82) is 0 Å². The van der Waals surface area contributed by atoms with Gasteiger partial charge in [-0.15, -0.1) is 12.4 Å². The number of anilines is 1. The monoisotopic (exact) mass is 628 g/mol. The number of hydrogen-bond donors (Lipinski definition) is 0. The number of fused-ring (bicyclic) bond motifs is 1. The lowest BCUT2D eigenvalue weighted by molar-refractivity contribution is 0.0983. The zero-order valence-electron chi connectivity index (χ0n) is 23.2. The zero-order chi connectivity index (χ0) is 28.4. The van der Waals surface area contributed by atoms with Gasteiger partial charge in [0.05, 0.1) is 14.5 Å². The molecule has 0 saturated carbocycles. The Morgan fingerprint density at radius 3 is 2.33 bits per heavy atom. The smallest absolute Gasteiger partial charge is 0.260 e. The minimum Gasteiger partial charge on any atom is -0.302 e. The van der Waals surface area contributed by atoms with Crippen molar-refractivity contribution in [3.63, 3.8) is 0 Å². The maximum Gasteiger partial charge on any atom is 0.260 e. The molecule has 220 valence electrons. The van der Waals surface area contributed by atoms with Crippen molar-refractivity contribution in [3.05, 3.63) is 48.0 Å². The molecular weight excluding hydrogens is 592 g/mol. The number of thiazole rings is 1. The average Bonchev–Trinajstić information content (AvgIpc) is 3.34. The highest BCUT2D eigenvalue weighted by Crippen LogP contribution is 2.33. The van der Waals surface area contributed by atoms with Crippen LogP contribution in [0.5, 0.6) is 0 Å². The number of benzene rings is 2. The second kappa shape index (κ2) is 13.3. The Morgan fingerprint density at radius 1 is 1.05 bits per heavy atom. The minimum absolute atomic E-state index is 0. The summed E-state index contributed by atoms with van der Waals surface area (Å²) < 4.78 is 53.3. The summed E-state index contributed by atoms with van der Waals surface area (Å²) in [5.74, 6) is -0.0107. The Kier molecular flexibility index (Phi) is 10.7. The van der Waals surface area contributed by atoms with Crippen LogP contribution in [-0.4, -0.2) is 82.5 Å². The molecule has 1 aliphatic rings. The van der Waals surface area contributed by atoms with Crippen LogP contribution in [0.3, 0.4) is 0 Å². The van der Waals surface area contributed by atoms with Crippen LogP contribution in [0, 0.1) is 5.92 Å². The van der Waals surface area contributed by atoms with E-state index in [0.717, 1.165) is 32.2 Å². The van der Waals surface area contributed by atoms with Crippen LogP contribution in [-0.2, 0) is 19.9 Å². The van der Waals surface area contributed by atoms with Crippen molar-refractivity contribution in [2.45, 2.75) is 43.4 Å². The molecule has 1 fully saturated rings. The number of amides is 1. The standard InChI is InChI=1S/C27H36N4O5S3.ClH/c1-5-29(6-2)17-18-31(27-28-25-23(37-27)10-7-11-24(25)38(4,33)34)26(32)21-12-14-22(15-13-21)39(35,36)30-16-8-9-20(3)19-30;/h7,10-15,20H,5-6,8-9,16-19H2,1-4H3;1H. The molecule has 1 aliphatic heterocycles. The van der Waals surface area contributed by atoms with Crippen molar-refractivity contribution in [2.24, 2.45) is 5.92 Å². The highest BCUT2D eigenvalue weighted by molar-refractivity contribution is 7.91. The molecule has 1 amide bonds. The SMILES string of the molecule is CCN(CC)CCN(C(=O)c1ccc(S(=O)(=O)N2CCCC(C)C2)cc1)c1nc2c(S(C)(=O)=O)cccc2s1.Cl. The van der Waals surface area contributed by atoms with Crippen molar-refractivity contribution in [1.82, 2.24) is 14.2 Å². The first-order valence-electron chi connectivity index (χ1n) is 13.2. The fourth-order valence-electron chi connectivity index (χ4n) is 4.83. The third-order valence-electron chi connectivity index (χ3n) is 7.14. The Morgan fingerprint density at radius 2 is 1.73 bits per heavy atom. The fourth-order valence-corrected chi connectivity index (χ4v) is 8.34. The molecule has 1 unspecified atom stereocenters. The zero-order valence-corrected chi connectivity index (χ0v) is 26.5. The number of rotatable bonds is 10. The number of carbonyl (C=O) groups excluding carboxylic acids is 1. The summed E-state index contributed by atoms with van der Waals surface area (Å²) >= 11 is 1.26. The molecule has 1 saturated heterocycles. The number of aromatic nitrogens is 1. The lowest BCUT2D eigenvalue weighted by Gasteiger charge is -2.30. The maximum absolute atomic E-state index is 13.8. The van der Waals surface area contributed by atoms with E-state index in [4.69, 9.17) is 0 Å². The van der Waals surface area contributed by atoms with Gasteiger partial charge in [-0.3, -0.25) is 9.69 Å². The summed E-state index contributed by atoms with van der Waals surface area (Å²) in [5, 5.41) is 0.400. The lowest BCUT2D eigenvalue weighted by atomic mass is 10.0. The number of sulfonamides is 1. The second-order valence-corrected chi connectivity index (χ2v) is 14.9. The fraction of sp³-hybridized carbons (Fsp3) is 0.481. The first kappa shape index (κ1) is 32.4. The Hall–Kier alpha value is -2.09. The number of carbonyl (C=O) groups is 1. The molecule has 2 aromatic carbocycles. The van der Waals surface area contributed by atoms with Gasteiger partial charge in [0.2, 0.25) is 10.0 Å². The Bertz CT molecular complexity index is 1540. The van der Waals surface area contributed by atoms with Crippen LogP contribution in [0.25, 0.3) is 10.2 Å².